The van der Waals surface area contributed by atoms with E-state index in [-0.39, 0.29) is 12.5 Å². The summed E-state index contributed by atoms with van der Waals surface area (Å²) in [5, 5.41) is 10.7. The maximum atomic E-state index is 14.3. The van der Waals surface area contributed by atoms with Gasteiger partial charge in [0.1, 0.15) is 5.69 Å². The highest BCUT2D eigenvalue weighted by molar-refractivity contribution is 5.88. The number of esters is 1. The monoisotopic (exact) mass is 474 g/mol. The topological polar surface area (TPSA) is 71.8 Å². The van der Waals surface area contributed by atoms with Crippen LogP contribution in [0.15, 0.2) is 54.6 Å². The fourth-order valence-electron chi connectivity index (χ4n) is 4.56. The summed E-state index contributed by atoms with van der Waals surface area (Å²) in [5.41, 5.74) is 2.22. The molecule has 1 amide bonds. The van der Waals surface area contributed by atoms with Gasteiger partial charge in [-0.1, -0.05) is 49.4 Å². The van der Waals surface area contributed by atoms with Gasteiger partial charge in [0.2, 0.25) is 0 Å². The van der Waals surface area contributed by atoms with Gasteiger partial charge in [0.05, 0.1) is 19.3 Å². The molecule has 8 heteroatoms. The lowest BCUT2D eigenvalue weighted by molar-refractivity contribution is -0.148. The Morgan fingerprint density at radius 1 is 1.26 bits per heavy atom. The van der Waals surface area contributed by atoms with Crippen LogP contribution < -0.4 is 0 Å². The Morgan fingerprint density at radius 3 is 2.62 bits per heavy atom. The summed E-state index contributed by atoms with van der Waals surface area (Å²) in [5.74, 6) is -5.22. The zero-order valence-electron chi connectivity index (χ0n) is 19.8. The maximum Gasteiger partial charge on any atom is 0.354 e. The number of hydrogen-bond acceptors (Lipinski definition) is 4. The smallest absolute Gasteiger partial charge is 0.354 e. The van der Waals surface area contributed by atoms with Crippen LogP contribution in [0.5, 0.6) is 0 Å². The number of ether oxygens (including phenoxy) is 1. The van der Waals surface area contributed by atoms with Crippen LogP contribution in [0.1, 0.15) is 53.8 Å². The molecule has 0 saturated carbocycles. The average Bonchev–Trinajstić information content (AvgIpc) is 3.29. The normalized spacial score (nSPS) is 19.5. The van der Waals surface area contributed by atoms with Crippen molar-refractivity contribution < 1.29 is 28.2 Å². The van der Waals surface area contributed by atoms with Gasteiger partial charge in [0, 0.05) is 31.6 Å². The molecule has 1 aromatic carbocycles. The molecule has 0 spiro atoms. The number of aliphatic hydroxyl groups excluding tert-OH is 1. The second-order valence-corrected chi connectivity index (χ2v) is 8.64. The van der Waals surface area contributed by atoms with E-state index in [1.54, 1.807) is 23.7 Å². The Bertz CT molecular complexity index is 1020. The summed E-state index contributed by atoms with van der Waals surface area (Å²) in [4.78, 5) is 25.3. The average molecular weight is 475 g/mol. The lowest BCUT2D eigenvalue weighted by atomic mass is 9.90. The lowest BCUT2D eigenvalue weighted by Gasteiger charge is -2.23. The number of carbonyl (C=O) groups excluding carboxylic acids is 2. The van der Waals surface area contributed by atoms with Crippen molar-refractivity contribution in [1.82, 2.24) is 9.47 Å². The summed E-state index contributed by atoms with van der Waals surface area (Å²) in [6.45, 7) is 2.11. The predicted molar refractivity (Wildman–Crippen MR) is 125 cm³/mol. The minimum absolute atomic E-state index is 0.147. The number of rotatable bonds is 10. The Balaban J connectivity index is 1.67. The SMILES string of the molecule is CCC(c1ccccc1)[C@H](O)/C=C/C1CC(F)(F)C(=O)N1CCCc1ccc(C(=O)OC)n1C. The first-order valence-electron chi connectivity index (χ1n) is 11.5. The van der Waals surface area contributed by atoms with Gasteiger partial charge in [-0.05, 0) is 37.0 Å². The van der Waals surface area contributed by atoms with Gasteiger partial charge < -0.3 is 19.3 Å². The summed E-state index contributed by atoms with van der Waals surface area (Å²) >= 11 is 0. The molecule has 3 atom stereocenters. The quantitative estimate of drug-likeness (QED) is 0.416. The molecule has 2 unspecified atom stereocenters. The number of halogens is 2. The predicted octanol–water partition coefficient (Wildman–Crippen LogP) is 4.09. The molecule has 3 rings (SSSR count). The van der Waals surface area contributed by atoms with Crippen molar-refractivity contribution in [1.29, 1.82) is 0 Å². The standard InChI is InChI=1S/C26H32F2N2O4/c1-4-21(18-9-6-5-7-10-18)23(31)15-13-20-17-26(27,28)25(33)30(20)16-8-11-19-12-14-22(29(19)2)24(32)34-3/h5-7,9-10,12-15,20-21,23,31H,4,8,11,16-17H2,1-3H3/b15-13+/t20?,21?,23-/m1/s1. The molecule has 0 radical (unpaired) electrons. The van der Waals surface area contributed by atoms with Crippen molar-refractivity contribution in [3.8, 4) is 0 Å². The van der Waals surface area contributed by atoms with E-state index < -0.39 is 36.4 Å². The number of hydrogen-bond donors (Lipinski definition) is 1. The Morgan fingerprint density at radius 2 is 1.97 bits per heavy atom. The molecule has 0 bridgehead atoms. The third-order valence-electron chi connectivity index (χ3n) is 6.50. The highest BCUT2D eigenvalue weighted by Crippen LogP contribution is 2.35. The van der Waals surface area contributed by atoms with E-state index in [9.17, 15) is 23.5 Å². The van der Waals surface area contributed by atoms with Crippen LogP contribution in [-0.2, 0) is 23.0 Å². The van der Waals surface area contributed by atoms with Crippen molar-refractivity contribution in [3.63, 3.8) is 0 Å². The van der Waals surface area contributed by atoms with Crippen molar-refractivity contribution in [2.75, 3.05) is 13.7 Å². The summed E-state index contributed by atoms with van der Waals surface area (Å²) < 4.78 is 35.0. The first kappa shape index (κ1) is 25.6. The third-order valence-corrected chi connectivity index (χ3v) is 6.50. The van der Waals surface area contributed by atoms with Crippen molar-refractivity contribution in [3.05, 3.63) is 71.6 Å². The van der Waals surface area contributed by atoms with Gasteiger partial charge in [0.25, 0.3) is 5.91 Å². The Hall–Kier alpha value is -3.00. The molecule has 1 saturated heterocycles. The van der Waals surface area contributed by atoms with Crippen LogP contribution in [0, 0.1) is 0 Å². The number of amides is 1. The molecule has 1 aliphatic rings. The number of aromatic nitrogens is 1. The van der Waals surface area contributed by atoms with Gasteiger partial charge in [-0.2, -0.15) is 8.78 Å². The number of carbonyl (C=O) groups is 2. The van der Waals surface area contributed by atoms with Gasteiger partial charge in [-0.25, -0.2) is 4.79 Å². The number of aliphatic hydroxyl groups is 1. The number of nitrogens with zero attached hydrogens (tertiary/aromatic N) is 2. The van der Waals surface area contributed by atoms with E-state index in [0.29, 0.717) is 25.0 Å². The van der Waals surface area contributed by atoms with Crippen LogP contribution in [-0.4, -0.2) is 58.2 Å². The zero-order chi connectivity index (χ0) is 24.9. The van der Waals surface area contributed by atoms with E-state index in [1.807, 2.05) is 37.3 Å². The fraction of sp³-hybridized carbons (Fsp3) is 0.462. The Kier molecular flexibility index (Phi) is 8.25. The minimum atomic E-state index is -3.42. The molecule has 1 fully saturated rings. The van der Waals surface area contributed by atoms with Crippen molar-refractivity contribution in [2.24, 2.45) is 7.05 Å². The largest absolute Gasteiger partial charge is 0.464 e. The van der Waals surface area contributed by atoms with Crippen LogP contribution in [0.25, 0.3) is 0 Å². The van der Waals surface area contributed by atoms with Crippen molar-refractivity contribution >= 4 is 11.9 Å². The van der Waals surface area contributed by atoms with Crippen LogP contribution in [0.2, 0.25) is 0 Å². The van der Waals surface area contributed by atoms with E-state index in [2.05, 4.69) is 0 Å². The molecule has 1 aromatic heterocycles. The van der Waals surface area contributed by atoms with Gasteiger partial charge >= 0.3 is 11.9 Å². The highest BCUT2D eigenvalue weighted by Gasteiger charge is 2.52. The molecule has 34 heavy (non-hydrogen) atoms. The van der Waals surface area contributed by atoms with Crippen LogP contribution in [0.3, 0.4) is 0 Å². The van der Waals surface area contributed by atoms with Gasteiger partial charge in [-0.3, -0.25) is 4.79 Å². The van der Waals surface area contributed by atoms with Crippen molar-refractivity contribution in [2.45, 2.75) is 56.6 Å². The number of likely N-dealkylation sites (tertiary alicyclic amines) is 1. The number of methoxy groups -OCH3 is 1. The zero-order valence-corrected chi connectivity index (χ0v) is 19.8. The molecule has 6 nitrogen and oxygen atoms in total. The fourth-order valence-corrected chi connectivity index (χ4v) is 4.56. The first-order chi connectivity index (χ1) is 16.2. The second-order valence-electron chi connectivity index (χ2n) is 8.64. The number of benzene rings is 1. The summed E-state index contributed by atoms with van der Waals surface area (Å²) in [7, 11) is 3.04. The van der Waals surface area contributed by atoms with Crippen LogP contribution >= 0.6 is 0 Å². The summed E-state index contributed by atoms with van der Waals surface area (Å²) in [6, 6.07) is 12.2. The van der Waals surface area contributed by atoms with E-state index in [1.165, 1.54) is 24.2 Å². The third kappa shape index (κ3) is 5.55. The molecular weight excluding hydrogens is 442 g/mol. The molecule has 0 aliphatic carbocycles. The Labute approximate surface area is 198 Å². The van der Waals surface area contributed by atoms with Gasteiger partial charge in [-0.15, -0.1) is 0 Å². The lowest BCUT2D eigenvalue weighted by Crippen LogP contribution is -2.37. The summed E-state index contributed by atoms with van der Waals surface area (Å²) in [6.07, 6.45) is 3.26. The highest BCUT2D eigenvalue weighted by atomic mass is 19.3. The van der Waals surface area contributed by atoms with Gasteiger partial charge in [0.15, 0.2) is 0 Å². The number of alkyl halides is 2. The molecule has 2 aromatic rings. The molecule has 2 heterocycles. The van der Waals surface area contributed by atoms with E-state index in [0.717, 1.165) is 11.3 Å². The minimum Gasteiger partial charge on any atom is -0.464 e. The molecular formula is C26H32F2N2O4. The van der Waals surface area contributed by atoms with Crippen LogP contribution in [0.4, 0.5) is 8.78 Å². The molecule has 1 N–H and O–H groups in total. The maximum absolute atomic E-state index is 14.3. The second kappa shape index (κ2) is 11.0. The van der Waals surface area contributed by atoms with E-state index >= 15 is 0 Å². The molecule has 184 valence electrons. The first-order valence-corrected chi connectivity index (χ1v) is 11.5. The molecule has 1 aliphatic heterocycles. The number of aryl methyl sites for hydroxylation is 1. The van der Waals surface area contributed by atoms with E-state index in [4.69, 9.17) is 4.74 Å².